The molecule has 3 heterocycles. The molecule has 5 N–H and O–H groups in total. The van der Waals surface area contributed by atoms with Gasteiger partial charge in [-0.2, -0.15) is 23.1 Å². The number of hydrogen-bond acceptors (Lipinski definition) is 7. The van der Waals surface area contributed by atoms with Gasteiger partial charge in [-0.3, -0.25) is 0 Å². The average molecular weight is 586 g/mol. The molecule has 2 amide bonds. The van der Waals surface area contributed by atoms with E-state index in [0.29, 0.717) is 43.7 Å². The molecule has 13 heteroatoms. The fourth-order valence-corrected chi connectivity index (χ4v) is 6.37. The van der Waals surface area contributed by atoms with E-state index in [1.165, 1.54) is 25.0 Å². The smallest absolute Gasteiger partial charge is 0.365 e. The van der Waals surface area contributed by atoms with E-state index >= 15 is 0 Å². The molecule has 0 unspecified atom stereocenters. The number of alkyl halides is 3. The molecule has 1 aromatic carbocycles. The van der Waals surface area contributed by atoms with Crippen LogP contribution in [0.25, 0.3) is 11.2 Å². The molecule has 0 spiro atoms. The van der Waals surface area contributed by atoms with Crippen molar-refractivity contribution in [1.29, 1.82) is 0 Å². The molecule has 3 aromatic rings. The van der Waals surface area contributed by atoms with Crippen LogP contribution in [0.4, 0.5) is 35.4 Å². The summed E-state index contributed by atoms with van der Waals surface area (Å²) in [5, 5.41) is 9.73. The normalized spacial score (nSPS) is 22.4. The maximum absolute atomic E-state index is 13.1. The first-order valence-corrected chi connectivity index (χ1v) is 15.0. The predicted octanol–water partition coefficient (Wildman–Crippen LogP) is 5.75. The van der Waals surface area contributed by atoms with E-state index < -0.39 is 17.8 Å². The van der Waals surface area contributed by atoms with Crippen LogP contribution >= 0.6 is 0 Å². The van der Waals surface area contributed by atoms with Gasteiger partial charge in [-0.15, -0.1) is 0 Å². The molecule has 1 saturated heterocycles. The minimum Gasteiger partial charge on any atom is -0.365 e. The number of carbonyl (C=O) groups excluding carboxylic acids is 1. The average Bonchev–Trinajstić information content (AvgIpc) is 3.65. The highest BCUT2D eigenvalue weighted by atomic mass is 19.4. The summed E-state index contributed by atoms with van der Waals surface area (Å²) in [5.41, 5.74) is 7.00. The Morgan fingerprint density at radius 1 is 0.929 bits per heavy atom. The number of nitrogens with zero attached hydrogens (tertiary/aromatic N) is 5. The number of imidazole rings is 1. The second kappa shape index (κ2) is 11.9. The SMILES string of the molecule is NC1CCC(Nc2nc(NC3CCN(C(=O)Nc4cccc(C(F)(F)F)c4)CC3)c3ncn(C4CCCC4)c3n2)CC1. The second-order valence-corrected chi connectivity index (χ2v) is 11.8. The summed E-state index contributed by atoms with van der Waals surface area (Å²) in [6.45, 7) is 0.918. The molecule has 42 heavy (non-hydrogen) atoms. The Balaban J connectivity index is 1.14. The van der Waals surface area contributed by atoms with Gasteiger partial charge < -0.3 is 31.2 Å². The van der Waals surface area contributed by atoms with Gasteiger partial charge in [0.05, 0.1) is 11.9 Å². The maximum atomic E-state index is 13.1. The zero-order valence-electron chi connectivity index (χ0n) is 23.5. The lowest BCUT2D eigenvalue weighted by Gasteiger charge is -2.33. The van der Waals surface area contributed by atoms with E-state index in [4.69, 9.17) is 20.7 Å². The number of aromatic nitrogens is 4. The zero-order chi connectivity index (χ0) is 29.3. The number of nitrogens with one attached hydrogen (secondary N) is 3. The molecular formula is C29H38F3N9O. The summed E-state index contributed by atoms with van der Waals surface area (Å²) in [4.78, 5) is 28.9. The van der Waals surface area contributed by atoms with Gasteiger partial charge in [0.25, 0.3) is 0 Å². The lowest BCUT2D eigenvalue weighted by molar-refractivity contribution is -0.137. The molecule has 0 radical (unpaired) electrons. The van der Waals surface area contributed by atoms with E-state index in [-0.39, 0.29) is 23.8 Å². The van der Waals surface area contributed by atoms with Gasteiger partial charge >= 0.3 is 12.2 Å². The summed E-state index contributed by atoms with van der Waals surface area (Å²) in [5.74, 6) is 1.27. The fraction of sp³-hybridized carbons (Fsp3) is 0.586. The van der Waals surface area contributed by atoms with Crippen LogP contribution in [-0.2, 0) is 6.18 Å². The number of rotatable bonds is 6. The zero-order valence-corrected chi connectivity index (χ0v) is 23.5. The van der Waals surface area contributed by atoms with Crippen molar-refractivity contribution in [2.24, 2.45) is 5.73 Å². The largest absolute Gasteiger partial charge is 0.416 e. The van der Waals surface area contributed by atoms with Crippen molar-refractivity contribution < 1.29 is 18.0 Å². The van der Waals surface area contributed by atoms with Crippen molar-refractivity contribution in [1.82, 2.24) is 24.4 Å². The molecule has 6 rings (SSSR count). The third-order valence-corrected chi connectivity index (χ3v) is 8.81. The first kappa shape index (κ1) is 28.5. The Bertz CT molecular complexity index is 1390. The molecule has 3 aliphatic rings. The van der Waals surface area contributed by atoms with Crippen molar-refractivity contribution in [3.05, 3.63) is 36.2 Å². The van der Waals surface area contributed by atoms with Gasteiger partial charge in [0.2, 0.25) is 5.95 Å². The number of likely N-dealkylation sites (tertiary alicyclic amines) is 1. The minimum atomic E-state index is -4.47. The van der Waals surface area contributed by atoms with Crippen LogP contribution < -0.4 is 21.7 Å². The Kier molecular flexibility index (Phi) is 8.11. The third-order valence-electron chi connectivity index (χ3n) is 8.81. The highest BCUT2D eigenvalue weighted by molar-refractivity contribution is 5.89. The molecule has 226 valence electrons. The summed E-state index contributed by atoms with van der Waals surface area (Å²) in [6, 6.07) is 5.24. The van der Waals surface area contributed by atoms with Crippen molar-refractivity contribution in [3.8, 4) is 0 Å². The second-order valence-electron chi connectivity index (χ2n) is 11.8. The summed E-state index contributed by atoms with van der Waals surface area (Å²) < 4.78 is 41.4. The highest BCUT2D eigenvalue weighted by Crippen LogP contribution is 2.34. The number of nitrogens with two attached hydrogens (primary N) is 1. The Morgan fingerprint density at radius 3 is 2.36 bits per heavy atom. The summed E-state index contributed by atoms with van der Waals surface area (Å²) >= 11 is 0. The number of fused-ring (bicyclic) bond motifs is 1. The van der Waals surface area contributed by atoms with E-state index in [1.807, 2.05) is 6.33 Å². The first-order chi connectivity index (χ1) is 20.2. The van der Waals surface area contributed by atoms with Crippen molar-refractivity contribution >= 4 is 34.6 Å². The standard InChI is InChI=1S/C29H38F3N9O/c30-29(31,32)18-4-3-5-22(16-18)37-28(42)40-14-12-21(13-15-40)35-25-24-26(41(17-34-24)23-6-1-2-7-23)39-27(38-25)36-20-10-8-19(33)9-11-20/h3-5,16-17,19-21,23H,1-2,6-15,33H2,(H,37,42)(H2,35,36,38,39). The number of halogens is 3. The molecule has 0 atom stereocenters. The van der Waals surface area contributed by atoms with Crippen LogP contribution in [0.3, 0.4) is 0 Å². The Hall–Kier alpha value is -3.61. The fourth-order valence-electron chi connectivity index (χ4n) is 6.37. The van der Waals surface area contributed by atoms with Gasteiger partial charge in [-0.05, 0) is 69.6 Å². The molecule has 1 aliphatic heterocycles. The first-order valence-electron chi connectivity index (χ1n) is 15.0. The van der Waals surface area contributed by atoms with Gasteiger partial charge in [0.15, 0.2) is 17.0 Å². The topological polar surface area (TPSA) is 126 Å². The van der Waals surface area contributed by atoms with Crippen LogP contribution in [0.15, 0.2) is 30.6 Å². The van der Waals surface area contributed by atoms with Crippen LogP contribution in [-0.4, -0.2) is 61.7 Å². The number of benzene rings is 1. The Morgan fingerprint density at radius 2 is 1.64 bits per heavy atom. The molecule has 10 nitrogen and oxygen atoms in total. The number of urea groups is 1. The number of amides is 2. The Labute approximate surface area is 242 Å². The molecule has 2 aromatic heterocycles. The monoisotopic (exact) mass is 585 g/mol. The van der Waals surface area contributed by atoms with Crippen LogP contribution in [0, 0.1) is 0 Å². The number of carbonyl (C=O) groups is 1. The number of hydrogen-bond donors (Lipinski definition) is 4. The maximum Gasteiger partial charge on any atom is 0.416 e. The van der Waals surface area contributed by atoms with Crippen LogP contribution in [0.5, 0.6) is 0 Å². The third kappa shape index (κ3) is 6.40. The van der Waals surface area contributed by atoms with E-state index in [0.717, 1.165) is 61.8 Å². The number of anilines is 3. The van der Waals surface area contributed by atoms with Crippen molar-refractivity contribution in [3.63, 3.8) is 0 Å². The lowest BCUT2D eigenvalue weighted by Crippen LogP contribution is -2.44. The van der Waals surface area contributed by atoms with Crippen molar-refractivity contribution in [2.45, 2.75) is 94.6 Å². The molecule has 2 saturated carbocycles. The molecule has 0 bridgehead atoms. The molecule has 2 aliphatic carbocycles. The van der Waals surface area contributed by atoms with E-state index in [9.17, 15) is 18.0 Å². The summed E-state index contributed by atoms with van der Waals surface area (Å²) in [6.07, 6.45) is 7.28. The van der Waals surface area contributed by atoms with Gasteiger partial charge in [0, 0.05) is 42.9 Å². The van der Waals surface area contributed by atoms with Gasteiger partial charge in [-0.25, -0.2) is 9.78 Å². The van der Waals surface area contributed by atoms with Gasteiger partial charge in [0.1, 0.15) is 0 Å². The summed E-state index contributed by atoms with van der Waals surface area (Å²) in [7, 11) is 0. The highest BCUT2D eigenvalue weighted by Gasteiger charge is 2.31. The predicted molar refractivity (Wildman–Crippen MR) is 155 cm³/mol. The van der Waals surface area contributed by atoms with Crippen LogP contribution in [0.2, 0.25) is 0 Å². The quantitative estimate of drug-likeness (QED) is 0.290. The molecule has 3 fully saturated rings. The van der Waals surface area contributed by atoms with E-state index in [2.05, 4.69) is 20.5 Å². The van der Waals surface area contributed by atoms with Crippen molar-refractivity contribution in [2.75, 3.05) is 29.0 Å². The van der Waals surface area contributed by atoms with Gasteiger partial charge in [-0.1, -0.05) is 18.9 Å². The van der Waals surface area contributed by atoms with Crippen LogP contribution in [0.1, 0.15) is 75.8 Å². The van der Waals surface area contributed by atoms with E-state index in [1.54, 1.807) is 4.90 Å². The minimum absolute atomic E-state index is 0.0536. The lowest BCUT2D eigenvalue weighted by atomic mass is 9.92. The molecular weight excluding hydrogens is 547 g/mol. The number of piperidine rings is 1.